The molecule has 1 aromatic rings. The zero-order chi connectivity index (χ0) is 21.5. The Kier molecular flexibility index (Phi) is 9.53. The van der Waals surface area contributed by atoms with Gasteiger partial charge in [0.15, 0.2) is 0 Å². The summed E-state index contributed by atoms with van der Waals surface area (Å²) in [6.07, 6.45) is 0.675. The molecule has 1 aliphatic heterocycles. The van der Waals surface area contributed by atoms with Crippen molar-refractivity contribution < 1.29 is 17.9 Å². The third-order valence-corrected chi connectivity index (χ3v) is 4.35. The van der Waals surface area contributed by atoms with Gasteiger partial charge in [0, 0.05) is 48.3 Å². The zero-order valence-electron chi connectivity index (χ0n) is 17.1. The van der Waals surface area contributed by atoms with Gasteiger partial charge >= 0.3 is 6.09 Å². The smallest absolute Gasteiger partial charge is 0.410 e. The second-order valence-electron chi connectivity index (χ2n) is 7.89. The van der Waals surface area contributed by atoms with E-state index in [1.165, 1.54) is 5.56 Å². The van der Waals surface area contributed by atoms with Gasteiger partial charge in [-0.3, -0.25) is 4.90 Å². The lowest BCUT2D eigenvalue weighted by Crippen LogP contribution is -2.59. The Morgan fingerprint density at radius 1 is 1.21 bits per heavy atom. The number of carbonyl (C=O) groups is 1. The average Bonchev–Trinajstić information content (AvgIpc) is 2.52. The Labute approximate surface area is 178 Å². The van der Waals surface area contributed by atoms with E-state index in [2.05, 4.69) is 34.6 Å². The van der Waals surface area contributed by atoms with Crippen LogP contribution in [0.3, 0.4) is 0 Å². The fraction of sp³-hybridized carbons (Fsp3) is 0.632. The number of piperazine rings is 1. The van der Waals surface area contributed by atoms with Crippen molar-refractivity contribution in [3.63, 3.8) is 0 Å². The van der Waals surface area contributed by atoms with E-state index in [0.29, 0.717) is 12.4 Å². The van der Waals surface area contributed by atoms with Gasteiger partial charge in [-0.1, -0.05) is 30.3 Å². The number of nitrogens with zero attached hydrogens (tertiary/aromatic N) is 2. The number of alkyl halides is 1. The molecule has 0 spiro atoms. The van der Waals surface area contributed by atoms with Crippen LogP contribution in [0.2, 0.25) is 0 Å². The van der Waals surface area contributed by atoms with Gasteiger partial charge in [-0.05, 0) is 33.3 Å². The highest BCUT2D eigenvalue weighted by Crippen LogP contribution is 2.21. The summed E-state index contributed by atoms with van der Waals surface area (Å²) in [6, 6.07) is 10.6. The fourth-order valence-corrected chi connectivity index (χ4v) is 3.14. The molecule has 6 nitrogen and oxygen atoms in total. The van der Waals surface area contributed by atoms with Crippen LogP contribution in [0.5, 0.6) is 0 Å². The molecule has 1 fully saturated rings. The van der Waals surface area contributed by atoms with E-state index in [0.717, 1.165) is 19.3 Å². The molecule has 2 rings (SSSR count). The van der Waals surface area contributed by atoms with Crippen molar-refractivity contribution >= 4 is 37.4 Å². The third-order valence-electron chi connectivity index (χ3n) is 3.99. The van der Waals surface area contributed by atoms with Crippen LogP contribution in [0.25, 0.3) is 0 Å². The zero-order valence-corrected chi connectivity index (χ0v) is 19.4. The van der Waals surface area contributed by atoms with Crippen LogP contribution < -0.4 is 0 Å². The Morgan fingerprint density at radius 3 is 2.21 bits per heavy atom. The van der Waals surface area contributed by atoms with Gasteiger partial charge in [0.25, 0.3) is 0 Å². The summed E-state index contributed by atoms with van der Waals surface area (Å²) in [6.45, 7) is 9.98. The topological polar surface area (TPSA) is 66.9 Å². The van der Waals surface area contributed by atoms with Crippen LogP contribution >= 0.6 is 22.3 Å². The van der Waals surface area contributed by atoms with Crippen molar-refractivity contribution in [3.8, 4) is 0 Å². The lowest BCUT2D eigenvalue weighted by atomic mass is 10.1. The van der Waals surface area contributed by atoms with E-state index in [1.807, 2.05) is 39.0 Å². The number of carbonyl (C=O) groups excluding carboxylic acids is 1. The molecule has 0 aromatic heterocycles. The highest BCUT2D eigenvalue weighted by atomic mass is 35.7. The fourth-order valence-electron chi connectivity index (χ4n) is 2.84. The molecule has 1 heterocycles. The van der Waals surface area contributed by atoms with Gasteiger partial charge < -0.3 is 9.64 Å². The number of benzene rings is 1. The number of hydrogen-bond donors (Lipinski definition) is 0. The maximum Gasteiger partial charge on any atom is 0.410 e. The molecule has 0 N–H and O–H groups in total. The second kappa shape index (κ2) is 10.7. The van der Waals surface area contributed by atoms with Gasteiger partial charge in [0.1, 0.15) is 5.60 Å². The Bertz CT molecular complexity index is 715. The summed E-state index contributed by atoms with van der Waals surface area (Å²) in [4.78, 5) is 16.6. The second-order valence-corrected chi connectivity index (χ2v) is 11.2. The Balaban J connectivity index is 0.000000696. The molecule has 1 aromatic carbocycles. The summed E-state index contributed by atoms with van der Waals surface area (Å²) < 4.78 is 24.3. The maximum absolute atomic E-state index is 12.4. The van der Waals surface area contributed by atoms with Crippen molar-refractivity contribution in [2.45, 2.75) is 51.9 Å². The first-order valence-electron chi connectivity index (χ1n) is 9.03. The number of hydrogen-bond acceptors (Lipinski definition) is 5. The lowest BCUT2D eigenvalue weighted by Gasteiger charge is -2.44. The van der Waals surface area contributed by atoms with Gasteiger partial charge in [-0.2, -0.15) is 0 Å². The molecule has 0 radical (unpaired) electrons. The van der Waals surface area contributed by atoms with Crippen LogP contribution in [0, 0.1) is 0 Å². The van der Waals surface area contributed by atoms with Gasteiger partial charge in [0.05, 0.1) is 6.26 Å². The van der Waals surface area contributed by atoms with Crippen molar-refractivity contribution in [1.29, 1.82) is 0 Å². The monoisotopic (exact) mass is 452 g/mol. The molecular weight excluding hydrogens is 423 g/mol. The first-order valence-corrected chi connectivity index (χ1v) is 12.3. The molecule has 0 unspecified atom stereocenters. The standard InChI is InChI=1S/C18H27ClN2O2.CH3ClO2S/c1-14-11-20(12-15-8-6-5-7-9-15)16(10-19)13-21(14)17(22)23-18(2,3)4;1-5(2,3)4/h5-9,14,16H,10-13H2,1-4H3;1H3/t14-,16+;/m1./s1. The number of ether oxygens (including phenoxy) is 1. The third kappa shape index (κ3) is 9.96. The van der Waals surface area contributed by atoms with Crippen LogP contribution in [0.15, 0.2) is 30.3 Å². The minimum Gasteiger partial charge on any atom is -0.444 e. The Morgan fingerprint density at radius 2 is 1.75 bits per heavy atom. The minimum absolute atomic E-state index is 0.105. The quantitative estimate of drug-likeness (QED) is 0.513. The van der Waals surface area contributed by atoms with Crippen molar-refractivity contribution in [2.24, 2.45) is 0 Å². The molecule has 1 aliphatic rings. The van der Waals surface area contributed by atoms with E-state index in [4.69, 9.17) is 16.3 Å². The number of halogens is 2. The molecule has 1 amide bonds. The molecule has 9 heteroatoms. The summed E-state index contributed by atoms with van der Waals surface area (Å²) in [5, 5.41) is 0. The first kappa shape index (κ1) is 25.0. The molecule has 28 heavy (non-hydrogen) atoms. The predicted molar refractivity (Wildman–Crippen MR) is 114 cm³/mol. The normalized spacial score (nSPS) is 20.9. The van der Waals surface area contributed by atoms with E-state index in [1.54, 1.807) is 4.90 Å². The minimum atomic E-state index is -3.19. The number of rotatable bonds is 3. The summed E-state index contributed by atoms with van der Waals surface area (Å²) in [5.74, 6) is 0.499. The lowest BCUT2D eigenvalue weighted by molar-refractivity contribution is -0.0111. The van der Waals surface area contributed by atoms with E-state index in [-0.39, 0.29) is 18.2 Å². The van der Waals surface area contributed by atoms with Crippen LogP contribution in [-0.4, -0.2) is 67.2 Å². The highest BCUT2D eigenvalue weighted by molar-refractivity contribution is 8.13. The van der Waals surface area contributed by atoms with Crippen LogP contribution in [0.4, 0.5) is 4.79 Å². The van der Waals surface area contributed by atoms with Gasteiger partial charge in [0.2, 0.25) is 9.05 Å². The summed E-state index contributed by atoms with van der Waals surface area (Å²) in [5.41, 5.74) is 0.787. The SMILES string of the molecule is CS(=O)(=O)Cl.C[C@@H]1CN(Cc2ccccc2)[C@@H](CCl)CN1C(=O)OC(C)(C)C. The predicted octanol–water partition coefficient (Wildman–Crippen LogP) is 3.92. The van der Waals surface area contributed by atoms with Gasteiger partial charge in [-0.15, -0.1) is 11.6 Å². The molecule has 0 aliphatic carbocycles. The van der Waals surface area contributed by atoms with Crippen molar-refractivity contribution in [2.75, 3.05) is 25.2 Å². The Hall–Kier alpha value is -1.02. The number of amides is 1. The molecule has 2 atom stereocenters. The highest BCUT2D eigenvalue weighted by Gasteiger charge is 2.35. The van der Waals surface area contributed by atoms with Crippen molar-refractivity contribution in [3.05, 3.63) is 35.9 Å². The summed E-state index contributed by atoms with van der Waals surface area (Å²) in [7, 11) is 1.31. The van der Waals surface area contributed by atoms with Gasteiger partial charge in [-0.25, -0.2) is 13.2 Å². The molecule has 0 bridgehead atoms. The van der Waals surface area contributed by atoms with E-state index in [9.17, 15) is 13.2 Å². The molecule has 160 valence electrons. The van der Waals surface area contributed by atoms with Crippen LogP contribution in [-0.2, 0) is 20.3 Å². The molecular formula is C19H30Cl2N2O4S. The van der Waals surface area contributed by atoms with E-state index >= 15 is 0 Å². The molecule has 0 saturated carbocycles. The first-order chi connectivity index (χ1) is 12.8. The largest absolute Gasteiger partial charge is 0.444 e. The summed E-state index contributed by atoms with van der Waals surface area (Å²) >= 11 is 6.17. The van der Waals surface area contributed by atoms with Crippen molar-refractivity contribution in [1.82, 2.24) is 9.80 Å². The average molecular weight is 453 g/mol. The van der Waals surface area contributed by atoms with E-state index < -0.39 is 14.7 Å². The van der Waals surface area contributed by atoms with Crippen LogP contribution in [0.1, 0.15) is 33.3 Å². The maximum atomic E-state index is 12.4. The molecule has 1 saturated heterocycles.